The Kier molecular flexibility index (Phi) is 2.55. The summed E-state index contributed by atoms with van der Waals surface area (Å²) in [6, 6.07) is 9.11. The number of carbonyl (C=O) groups excluding carboxylic acids is 1. The van der Waals surface area contributed by atoms with Gasteiger partial charge in [0.15, 0.2) is 0 Å². The van der Waals surface area contributed by atoms with Crippen LogP contribution in [-0.2, 0) is 0 Å². The van der Waals surface area contributed by atoms with Gasteiger partial charge in [-0.2, -0.15) is 5.26 Å². The number of nitrogens with one attached hydrogen (secondary N) is 1. The number of hydrogen-bond donors (Lipinski definition) is 1. The summed E-state index contributed by atoms with van der Waals surface area (Å²) in [6.07, 6.45) is 0.908. The van der Waals surface area contributed by atoms with Gasteiger partial charge in [-0.25, -0.2) is 4.79 Å². The van der Waals surface area contributed by atoms with Crippen molar-refractivity contribution in [3.8, 4) is 6.07 Å². The molecular weight excluding hydrogens is 190 g/mol. The third-order valence-electron chi connectivity index (χ3n) is 2.40. The number of urea groups is 1. The average Bonchev–Trinajstić information content (AvgIpc) is 2.30. The second kappa shape index (κ2) is 4.01. The van der Waals surface area contributed by atoms with E-state index < -0.39 is 0 Å². The lowest BCUT2D eigenvalue weighted by Gasteiger charge is -2.27. The Morgan fingerprint density at radius 3 is 2.93 bits per heavy atom. The fourth-order valence-electron chi connectivity index (χ4n) is 1.66. The molecule has 1 fully saturated rings. The van der Waals surface area contributed by atoms with Crippen molar-refractivity contribution >= 4 is 11.7 Å². The van der Waals surface area contributed by atoms with Gasteiger partial charge in [-0.3, -0.25) is 4.90 Å². The summed E-state index contributed by atoms with van der Waals surface area (Å²) >= 11 is 0. The van der Waals surface area contributed by atoms with Crippen molar-refractivity contribution < 1.29 is 4.79 Å². The van der Waals surface area contributed by atoms with Gasteiger partial charge < -0.3 is 5.32 Å². The lowest BCUT2D eigenvalue weighted by molar-refractivity contribution is 0.243. The Labute approximate surface area is 88.1 Å². The van der Waals surface area contributed by atoms with E-state index in [4.69, 9.17) is 5.26 Å². The molecule has 0 aliphatic carbocycles. The van der Waals surface area contributed by atoms with Crippen LogP contribution in [0.3, 0.4) is 0 Å². The number of carbonyl (C=O) groups is 1. The highest BCUT2D eigenvalue weighted by atomic mass is 16.2. The zero-order valence-electron chi connectivity index (χ0n) is 8.23. The van der Waals surface area contributed by atoms with Crippen molar-refractivity contribution in [2.45, 2.75) is 6.42 Å². The Balaban J connectivity index is 2.36. The molecule has 1 aromatic rings. The lowest BCUT2D eigenvalue weighted by Crippen LogP contribution is -2.46. The van der Waals surface area contributed by atoms with Crippen LogP contribution in [-0.4, -0.2) is 19.1 Å². The molecule has 1 saturated heterocycles. The highest BCUT2D eigenvalue weighted by molar-refractivity contribution is 5.93. The normalized spacial score (nSPS) is 15.7. The molecule has 0 saturated carbocycles. The van der Waals surface area contributed by atoms with Gasteiger partial charge in [0, 0.05) is 13.1 Å². The highest BCUT2D eigenvalue weighted by Crippen LogP contribution is 2.20. The van der Waals surface area contributed by atoms with E-state index in [0.29, 0.717) is 24.3 Å². The number of hydrogen-bond acceptors (Lipinski definition) is 2. The number of amides is 2. The van der Waals surface area contributed by atoms with Gasteiger partial charge in [0.05, 0.1) is 11.3 Å². The van der Waals surface area contributed by atoms with Crippen LogP contribution in [0.1, 0.15) is 12.0 Å². The fourth-order valence-corrected chi connectivity index (χ4v) is 1.66. The molecule has 1 aliphatic heterocycles. The van der Waals surface area contributed by atoms with Crippen molar-refractivity contribution in [3.63, 3.8) is 0 Å². The number of anilines is 1. The van der Waals surface area contributed by atoms with Crippen LogP contribution in [0.15, 0.2) is 24.3 Å². The van der Waals surface area contributed by atoms with Gasteiger partial charge in [-0.15, -0.1) is 0 Å². The second-order valence-electron chi connectivity index (χ2n) is 3.37. The first kappa shape index (κ1) is 9.53. The third-order valence-corrected chi connectivity index (χ3v) is 2.40. The smallest absolute Gasteiger partial charge is 0.321 e. The van der Waals surface area contributed by atoms with Crippen molar-refractivity contribution in [1.29, 1.82) is 5.26 Å². The third kappa shape index (κ3) is 1.77. The largest absolute Gasteiger partial charge is 0.338 e. The van der Waals surface area contributed by atoms with Crippen molar-refractivity contribution in [1.82, 2.24) is 5.32 Å². The van der Waals surface area contributed by atoms with Gasteiger partial charge in [0.25, 0.3) is 0 Å². The Morgan fingerprint density at radius 1 is 1.40 bits per heavy atom. The molecule has 1 aromatic carbocycles. The minimum Gasteiger partial charge on any atom is -0.338 e. The van der Waals surface area contributed by atoms with Crippen LogP contribution in [0.25, 0.3) is 0 Å². The molecule has 15 heavy (non-hydrogen) atoms. The van der Waals surface area contributed by atoms with E-state index in [-0.39, 0.29) is 6.03 Å². The van der Waals surface area contributed by atoms with Crippen LogP contribution in [0, 0.1) is 11.3 Å². The molecule has 4 nitrogen and oxygen atoms in total. The topological polar surface area (TPSA) is 56.1 Å². The van der Waals surface area contributed by atoms with Crippen molar-refractivity contribution in [3.05, 3.63) is 29.8 Å². The zero-order valence-corrected chi connectivity index (χ0v) is 8.23. The summed E-state index contributed by atoms with van der Waals surface area (Å²) in [6.45, 7) is 1.38. The first-order valence-electron chi connectivity index (χ1n) is 4.87. The van der Waals surface area contributed by atoms with E-state index in [0.717, 1.165) is 6.42 Å². The number of para-hydroxylation sites is 1. The number of nitriles is 1. The first-order valence-corrected chi connectivity index (χ1v) is 4.87. The monoisotopic (exact) mass is 201 g/mol. The molecule has 0 aromatic heterocycles. The van der Waals surface area contributed by atoms with Gasteiger partial charge in [0.1, 0.15) is 6.07 Å². The predicted molar refractivity (Wildman–Crippen MR) is 56.5 cm³/mol. The number of rotatable bonds is 1. The molecule has 1 N–H and O–H groups in total. The molecule has 2 amide bonds. The quantitative estimate of drug-likeness (QED) is 0.748. The standard InChI is InChI=1S/C11H11N3O/c12-8-9-4-1-2-5-10(9)14-7-3-6-13-11(14)15/h1-2,4-5H,3,6-7H2,(H,13,15). The van der Waals surface area contributed by atoms with E-state index in [1.165, 1.54) is 0 Å². The highest BCUT2D eigenvalue weighted by Gasteiger charge is 2.20. The molecule has 4 heteroatoms. The summed E-state index contributed by atoms with van der Waals surface area (Å²) in [5, 5.41) is 11.7. The average molecular weight is 201 g/mol. The molecule has 0 radical (unpaired) electrons. The lowest BCUT2D eigenvalue weighted by atomic mass is 10.1. The van der Waals surface area contributed by atoms with Crippen LogP contribution < -0.4 is 10.2 Å². The van der Waals surface area contributed by atoms with Crippen LogP contribution in [0.5, 0.6) is 0 Å². The number of benzene rings is 1. The van der Waals surface area contributed by atoms with Crippen LogP contribution >= 0.6 is 0 Å². The molecule has 1 aliphatic rings. The molecule has 76 valence electrons. The minimum absolute atomic E-state index is 0.121. The molecule has 0 bridgehead atoms. The Bertz CT molecular complexity index is 422. The van der Waals surface area contributed by atoms with Gasteiger partial charge in [0.2, 0.25) is 0 Å². The summed E-state index contributed by atoms with van der Waals surface area (Å²) in [5.41, 5.74) is 1.23. The van der Waals surface area contributed by atoms with E-state index >= 15 is 0 Å². The Hall–Kier alpha value is -2.02. The number of nitrogens with zero attached hydrogens (tertiary/aromatic N) is 2. The van der Waals surface area contributed by atoms with Gasteiger partial charge in [-0.1, -0.05) is 12.1 Å². The maximum absolute atomic E-state index is 11.6. The van der Waals surface area contributed by atoms with Gasteiger partial charge in [-0.05, 0) is 18.6 Å². The first-order chi connectivity index (χ1) is 7.33. The van der Waals surface area contributed by atoms with E-state index in [2.05, 4.69) is 11.4 Å². The van der Waals surface area contributed by atoms with Crippen molar-refractivity contribution in [2.24, 2.45) is 0 Å². The van der Waals surface area contributed by atoms with E-state index in [1.54, 1.807) is 23.1 Å². The Morgan fingerprint density at radius 2 is 2.20 bits per heavy atom. The van der Waals surface area contributed by atoms with E-state index in [1.807, 2.05) is 6.07 Å². The molecular formula is C11H11N3O. The zero-order chi connectivity index (χ0) is 10.7. The maximum Gasteiger partial charge on any atom is 0.321 e. The summed E-state index contributed by atoms with van der Waals surface area (Å²) in [4.78, 5) is 13.2. The summed E-state index contributed by atoms with van der Waals surface area (Å²) in [5.74, 6) is 0. The molecule has 1 heterocycles. The van der Waals surface area contributed by atoms with Crippen LogP contribution in [0.2, 0.25) is 0 Å². The summed E-state index contributed by atoms with van der Waals surface area (Å²) in [7, 11) is 0. The summed E-state index contributed by atoms with van der Waals surface area (Å²) < 4.78 is 0. The molecule has 0 spiro atoms. The predicted octanol–water partition coefficient (Wildman–Crippen LogP) is 1.48. The fraction of sp³-hybridized carbons (Fsp3) is 0.273. The second-order valence-corrected chi connectivity index (χ2v) is 3.37. The SMILES string of the molecule is N#Cc1ccccc1N1CCCNC1=O. The minimum atomic E-state index is -0.121. The maximum atomic E-state index is 11.6. The molecule has 0 unspecified atom stereocenters. The van der Waals surface area contributed by atoms with E-state index in [9.17, 15) is 4.79 Å². The van der Waals surface area contributed by atoms with Crippen molar-refractivity contribution in [2.75, 3.05) is 18.0 Å². The van der Waals surface area contributed by atoms with Gasteiger partial charge >= 0.3 is 6.03 Å². The van der Waals surface area contributed by atoms with Crippen LogP contribution in [0.4, 0.5) is 10.5 Å². The molecule has 2 rings (SSSR count). The molecule has 0 atom stereocenters.